The van der Waals surface area contributed by atoms with Crippen LogP contribution < -0.4 is 10.1 Å². The Morgan fingerprint density at radius 2 is 1.90 bits per heavy atom. The van der Waals surface area contributed by atoms with E-state index in [-0.39, 0.29) is 0 Å². The minimum atomic E-state index is 0.569. The molecule has 5 rings (SSSR count). The van der Waals surface area contributed by atoms with Gasteiger partial charge in [0.2, 0.25) is 0 Å². The predicted octanol–water partition coefficient (Wildman–Crippen LogP) is 6.14. The van der Waals surface area contributed by atoms with E-state index in [1.54, 1.807) is 6.33 Å². The molecular formula is C24H23N3OS. The van der Waals surface area contributed by atoms with Crippen molar-refractivity contribution in [3.63, 3.8) is 0 Å². The summed E-state index contributed by atoms with van der Waals surface area (Å²) in [6, 6.07) is 18.3. The number of thiophene rings is 1. The number of fused-ring (bicyclic) bond motifs is 3. The Hall–Kier alpha value is -2.92. The lowest BCUT2D eigenvalue weighted by Gasteiger charge is -2.18. The third kappa shape index (κ3) is 3.83. The Balaban J connectivity index is 1.34. The molecule has 0 radical (unpaired) electrons. The summed E-state index contributed by atoms with van der Waals surface area (Å²) in [7, 11) is 0. The average molecular weight is 402 g/mol. The fourth-order valence-corrected chi connectivity index (χ4v) is 5.23. The van der Waals surface area contributed by atoms with Gasteiger partial charge >= 0.3 is 0 Å². The van der Waals surface area contributed by atoms with Crippen LogP contribution in [0.25, 0.3) is 10.2 Å². The normalized spacial score (nSPS) is 15.8. The first kappa shape index (κ1) is 18.1. The molecule has 5 heteroatoms. The molecule has 0 saturated carbocycles. The fourth-order valence-electron chi connectivity index (χ4n) is 3.88. The zero-order valence-corrected chi connectivity index (χ0v) is 17.2. The van der Waals surface area contributed by atoms with Crippen molar-refractivity contribution in [2.75, 3.05) is 5.32 Å². The summed E-state index contributed by atoms with van der Waals surface area (Å²) in [5, 5.41) is 4.69. The zero-order chi connectivity index (χ0) is 19.6. The van der Waals surface area contributed by atoms with E-state index in [9.17, 15) is 0 Å². The van der Waals surface area contributed by atoms with Gasteiger partial charge in [-0.3, -0.25) is 0 Å². The lowest BCUT2D eigenvalue weighted by atomic mass is 9.89. The Morgan fingerprint density at radius 1 is 1.07 bits per heavy atom. The van der Waals surface area contributed by atoms with Gasteiger partial charge in [-0.2, -0.15) is 0 Å². The number of nitrogens with one attached hydrogen (secondary N) is 1. The third-order valence-corrected chi connectivity index (χ3v) is 6.62. The maximum Gasteiger partial charge on any atom is 0.142 e. The molecule has 0 amide bonds. The molecule has 2 heterocycles. The van der Waals surface area contributed by atoms with Crippen LogP contribution in [-0.2, 0) is 19.4 Å². The van der Waals surface area contributed by atoms with Gasteiger partial charge in [-0.05, 0) is 60.6 Å². The van der Waals surface area contributed by atoms with E-state index >= 15 is 0 Å². The largest absolute Gasteiger partial charge is 0.489 e. The summed E-state index contributed by atoms with van der Waals surface area (Å²) in [4.78, 5) is 11.6. The Morgan fingerprint density at radius 3 is 2.72 bits per heavy atom. The van der Waals surface area contributed by atoms with Gasteiger partial charge in [-0.25, -0.2) is 9.97 Å². The van der Waals surface area contributed by atoms with Crippen molar-refractivity contribution in [3.8, 4) is 5.75 Å². The molecule has 1 aliphatic rings. The van der Waals surface area contributed by atoms with E-state index < -0.39 is 0 Å². The standard InChI is InChI=1S/C24H23N3OS/c1-16-7-12-20-21(13-16)29-24-22(20)23(25-15-26-24)27-18-8-10-19(11-9-18)28-14-17-5-3-2-4-6-17/h2-6,8-11,15-16H,7,12-14H2,1H3,(H,25,26,27). The lowest BCUT2D eigenvalue weighted by Crippen LogP contribution is -2.09. The van der Waals surface area contributed by atoms with Crippen LogP contribution in [0.3, 0.4) is 0 Å². The molecule has 0 aliphatic heterocycles. The SMILES string of the molecule is CC1CCc2c(sc3ncnc(Nc4ccc(OCc5ccccc5)cc4)c23)C1. The monoisotopic (exact) mass is 401 g/mol. The van der Waals surface area contributed by atoms with Crippen LogP contribution >= 0.6 is 11.3 Å². The van der Waals surface area contributed by atoms with E-state index in [1.807, 2.05) is 53.8 Å². The van der Waals surface area contributed by atoms with Gasteiger partial charge in [0.1, 0.15) is 29.3 Å². The fraction of sp³-hybridized carbons (Fsp3) is 0.250. The first-order valence-electron chi connectivity index (χ1n) is 10.1. The second-order valence-corrected chi connectivity index (χ2v) is 8.76. The van der Waals surface area contributed by atoms with Gasteiger partial charge in [0, 0.05) is 10.6 Å². The highest BCUT2D eigenvalue weighted by atomic mass is 32.1. The molecule has 1 aliphatic carbocycles. The number of hydrogen-bond donors (Lipinski definition) is 1. The number of rotatable bonds is 5. The van der Waals surface area contributed by atoms with Crippen LogP contribution in [0.5, 0.6) is 5.75 Å². The van der Waals surface area contributed by atoms with Crippen LogP contribution in [0.4, 0.5) is 11.5 Å². The Kier molecular flexibility index (Phi) is 4.90. The van der Waals surface area contributed by atoms with Gasteiger partial charge in [0.15, 0.2) is 0 Å². The summed E-state index contributed by atoms with van der Waals surface area (Å²) in [6.45, 7) is 2.90. The smallest absolute Gasteiger partial charge is 0.142 e. The summed E-state index contributed by atoms with van der Waals surface area (Å²) < 4.78 is 5.89. The highest BCUT2D eigenvalue weighted by Gasteiger charge is 2.23. The van der Waals surface area contributed by atoms with Crippen LogP contribution in [0, 0.1) is 5.92 Å². The van der Waals surface area contributed by atoms with E-state index in [1.165, 1.54) is 22.2 Å². The lowest BCUT2D eigenvalue weighted by molar-refractivity contribution is 0.306. The van der Waals surface area contributed by atoms with E-state index in [2.05, 4.69) is 34.3 Å². The molecule has 29 heavy (non-hydrogen) atoms. The van der Waals surface area contributed by atoms with Crippen molar-refractivity contribution in [2.45, 2.75) is 32.8 Å². The van der Waals surface area contributed by atoms with Crippen molar-refractivity contribution in [1.82, 2.24) is 9.97 Å². The summed E-state index contributed by atoms with van der Waals surface area (Å²) in [5.41, 5.74) is 3.60. The molecule has 2 aromatic carbocycles. The quantitative estimate of drug-likeness (QED) is 0.436. The Bertz CT molecular complexity index is 1120. The van der Waals surface area contributed by atoms with Gasteiger partial charge in [0.05, 0.1) is 5.39 Å². The molecule has 0 saturated heterocycles. The van der Waals surface area contributed by atoms with Crippen molar-refractivity contribution >= 4 is 33.1 Å². The molecule has 1 unspecified atom stereocenters. The molecular weight excluding hydrogens is 378 g/mol. The number of nitrogens with zero attached hydrogens (tertiary/aromatic N) is 2. The highest BCUT2D eigenvalue weighted by molar-refractivity contribution is 7.19. The van der Waals surface area contributed by atoms with Gasteiger partial charge in [-0.1, -0.05) is 37.3 Å². The molecule has 4 nitrogen and oxygen atoms in total. The predicted molar refractivity (Wildman–Crippen MR) is 119 cm³/mol. The minimum Gasteiger partial charge on any atom is -0.489 e. The Labute approximate surface area is 174 Å². The highest BCUT2D eigenvalue weighted by Crippen LogP contribution is 2.40. The molecule has 0 bridgehead atoms. The van der Waals surface area contributed by atoms with E-state index in [0.717, 1.165) is 46.4 Å². The van der Waals surface area contributed by atoms with Crippen molar-refractivity contribution in [3.05, 3.63) is 76.9 Å². The first-order chi connectivity index (χ1) is 14.3. The molecule has 1 atom stereocenters. The zero-order valence-electron chi connectivity index (χ0n) is 16.4. The summed E-state index contributed by atoms with van der Waals surface area (Å²) in [5.74, 6) is 2.51. The third-order valence-electron chi connectivity index (χ3n) is 5.46. The molecule has 146 valence electrons. The van der Waals surface area contributed by atoms with E-state index in [4.69, 9.17) is 4.74 Å². The maximum atomic E-state index is 5.89. The topological polar surface area (TPSA) is 47.0 Å². The van der Waals surface area contributed by atoms with E-state index in [0.29, 0.717) is 6.61 Å². The van der Waals surface area contributed by atoms with Gasteiger partial charge in [-0.15, -0.1) is 11.3 Å². The van der Waals surface area contributed by atoms with Crippen molar-refractivity contribution < 1.29 is 4.74 Å². The number of aryl methyl sites for hydroxylation is 1. The van der Waals surface area contributed by atoms with Crippen LogP contribution in [0.1, 0.15) is 29.3 Å². The number of benzene rings is 2. The van der Waals surface area contributed by atoms with Gasteiger partial charge in [0.25, 0.3) is 0 Å². The number of aromatic nitrogens is 2. The molecule has 0 spiro atoms. The first-order valence-corrected chi connectivity index (χ1v) is 10.9. The number of ether oxygens (including phenoxy) is 1. The molecule has 1 N–H and O–H groups in total. The minimum absolute atomic E-state index is 0.569. The molecule has 4 aromatic rings. The summed E-state index contributed by atoms with van der Waals surface area (Å²) >= 11 is 1.82. The van der Waals surface area contributed by atoms with Crippen LogP contribution in [-0.4, -0.2) is 9.97 Å². The van der Waals surface area contributed by atoms with Gasteiger partial charge < -0.3 is 10.1 Å². The second kappa shape index (κ2) is 7.84. The summed E-state index contributed by atoms with van der Waals surface area (Å²) in [6.07, 6.45) is 5.17. The molecule has 2 aromatic heterocycles. The van der Waals surface area contributed by atoms with Crippen LogP contribution in [0.15, 0.2) is 60.9 Å². The number of anilines is 2. The average Bonchev–Trinajstić information content (AvgIpc) is 3.12. The van der Waals surface area contributed by atoms with Crippen molar-refractivity contribution in [2.24, 2.45) is 5.92 Å². The van der Waals surface area contributed by atoms with Crippen LogP contribution in [0.2, 0.25) is 0 Å². The maximum absolute atomic E-state index is 5.89. The van der Waals surface area contributed by atoms with Crippen molar-refractivity contribution in [1.29, 1.82) is 0 Å². The molecule has 0 fully saturated rings. The second-order valence-electron chi connectivity index (χ2n) is 7.68. The number of hydrogen-bond acceptors (Lipinski definition) is 5.